The summed E-state index contributed by atoms with van der Waals surface area (Å²) in [5.74, 6) is 0.386. The highest BCUT2D eigenvalue weighted by Crippen LogP contribution is 2.37. The van der Waals surface area contributed by atoms with Gasteiger partial charge in [-0.3, -0.25) is 0 Å². The molecule has 2 aromatic rings. The van der Waals surface area contributed by atoms with Crippen LogP contribution < -0.4 is 15.4 Å². The molecule has 9 nitrogen and oxygen atoms in total. The largest absolute Gasteiger partial charge is 0.383 e. The van der Waals surface area contributed by atoms with E-state index in [-0.39, 0.29) is 16.5 Å². The van der Waals surface area contributed by atoms with Gasteiger partial charge in [-0.2, -0.15) is 0 Å². The molecule has 1 aromatic heterocycles. The highest BCUT2D eigenvalue weighted by molar-refractivity contribution is 7.89. The van der Waals surface area contributed by atoms with Crippen LogP contribution in [-0.4, -0.2) is 75.0 Å². The van der Waals surface area contributed by atoms with Gasteiger partial charge in [-0.05, 0) is 50.5 Å². The van der Waals surface area contributed by atoms with E-state index >= 15 is 0 Å². The van der Waals surface area contributed by atoms with Crippen LogP contribution in [-0.2, 0) is 10.0 Å². The second-order valence-corrected chi connectivity index (χ2v) is 10.7. The summed E-state index contributed by atoms with van der Waals surface area (Å²) in [5, 5.41) is 0.857. The second-order valence-electron chi connectivity index (χ2n) is 9.02. The van der Waals surface area contributed by atoms with Crippen LogP contribution in [0.5, 0.6) is 0 Å². The zero-order valence-corrected chi connectivity index (χ0v) is 19.3. The summed E-state index contributed by atoms with van der Waals surface area (Å²) in [4.78, 5) is 22.4. The van der Waals surface area contributed by atoms with Gasteiger partial charge in [0.25, 0.3) is 0 Å². The molecule has 2 heterocycles. The molecule has 2 amide bonds. The number of aryl methyl sites for hydroxylation is 1. The Kier molecular flexibility index (Phi) is 5.25. The number of carbonyl (C=O) groups excluding carboxylic acids is 1. The van der Waals surface area contributed by atoms with E-state index in [0.717, 1.165) is 29.5 Å². The maximum atomic E-state index is 13.1. The third-order valence-corrected chi connectivity index (χ3v) is 7.70. The van der Waals surface area contributed by atoms with Crippen LogP contribution in [0, 0.1) is 6.92 Å². The number of nitrogens with one attached hydrogen (secondary N) is 1. The van der Waals surface area contributed by atoms with Crippen LogP contribution >= 0.6 is 0 Å². The normalized spacial score (nSPS) is 18.3. The molecule has 0 atom stereocenters. The molecule has 2 fully saturated rings. The number of carbonyl (C=O) groups is 1. The minimum absolute atomic E-state index is 0.0204. The van der Waals surface area contributed by atoms with E-state index in [0.29, 0.717) is 37.5 Å². The van der Waals surface area contributed by atoms with Crippen molar-refractivity contribution in [3.63, 3.8) is 0 Å². The minimum atomic E-state index is -3.70. The average molecular weight is 447 g/mol. The van der Waals surface area contributed by atoms with E-state index in [2.05, 4.69) is 14.6 Å². The van der Waals surface area contributed by atoms with Crippen LogP contribution in [0.3, 0.4) is 0 Å². The van der Waals surface area contributed by atoms with Crippen molar-refractivity contribution in [1.82, 2.24) is 19.5 Å². The van der Waals surface area contributed by atoms with E-state index in [1.165, 1.54) is 0 Å². The Morgan fingerprint density at radius 2 is 1.81 bits per heavy atom. The summed E-state index contributed by atoms with van der Waals surface area (Å²) < 4.78 is 29.0. The number of aromatic nitrogens is 1. The number of amides is 2. The van der Waals surface area contributed by atoms with Crippen molar-refractivity contribution in [3.05, 3.63) is 23.8 Å². The van der Waals surface area contributed by atoms with Gasteiger partial charge in [0.1, 0.15) is 5.82 Å². The van der Waals surface area contributed by atoms with Gasteiger partial charge < -0.3 is 20.4 Å². The summed E-state index contributed by atoms with van der Waals surface area (Å²) in [7, 11) is -0.218. The first-order valence-electron chi connectivity index (χ1n) is 10.5. The highest BCUT2D eigenvalue weighted by Gasteiger charge is 2.41. The molecule has 1 saturated carbocycles. The summed E-state index contributed by atoms with van der Waals surface area (Å²) in [6, 6.07) is 5.25. The lowest BCUT2D eigenvalue weighted by molar-refractivity contribution is 0.168. The number of urea groups is 1. The SMILES string of the molecule is Cc1cc2c(N3CCN(C(=O)N(C)C)CC3)cc(S(=O)(=O)NC3(C)CC3)cc2nc1N. The number of hydrogen-bond donors (Lipinski definition) is 2. The van der Waals surface area contributed by atoms with Crippen molar-refractivity contribution in [3.8, 4) is 0 Å². The zero-order chi connectivity index (χ0) is 22.6. The molecule has 168 valence electrons. The molecule has 10 heteroatoms. The molecule has 0 unspecified atom stereocenters. The van der Waals surface area contributed by atoms with Gasteiger partial charge in [-0.1, -0.05) is 0 Å². The Bertz CT molecular complexity index is 1140. The predicted molar refractivity (Wildman–Crippen MR) is 122 cm³/mol. The maximum absolute atomic E-state index is 13.1. The number of pyridine rings is 1. The van der Waals surface area contributed by atoms with E-state index < -0.39 is 10.0 Å². The van der Waals surface area contributed by atoms with Crippen LogP contribution in [0.4, 0.5) is 16.3 Å². The lowest BCUT2D eigenvalue weighted by Crippen LogP contribution is -2.51. The smallest absolute Gasteiger partial charge is 0.319 e. The number of sulfonamides is 1. The quantitative estimate of drug-likeness (QED) is 0.740. The molecule has 31 heavy (non-hydrogen) atoms. The highest BCUT2D eigenvalue weighted by atomic mass is 32.2. The molecule has 1 saturated heterocycles. The zero-order valence-electron chi connectivity index (χ0n) is 18.5. The Balaban J connectivity index is 1.73. The third kappa shape index (κ3) is 4.27. The Labute approximate surface area is 183 Å². The predicted octanol–water partition coefficient (Wildman–Crippen LogP) is 1.76. The number of fused-ring (bicyclic) bond motifs is 1. The number of rotatable bonds is 4. The molecule has 3 N–H and O–H groups in total. The standard InChI is InChI=1S/C21H30N6O3S/c1-14-11-16-17(23-19(14)22)12-15(31(29,30)24-21(2)5-6-21)13-18(16)26-7-9-27(10-8-26)20(28)25(3)4/h11-13,24H,5-10H2,1-4H3,(H2,22,23). The van der Waals surface area contributed by atoms with Gasteiger partial charge >= 0.3 is 6.03 Å². The number of piperazine rings is 1. The topological polar surface area (TPSA) is 112 Å². The molecule has 4 rings (SSSR count). The van der Waals surface area contributed by atoms with Crippen molar-refractivity contribution in [2.75, 3.05) is 50.9 Å². The van der Waals surface area contributed by atoms with E-state index in [1.807, 2.05) is 19.9 Å². The van der Waals surface area contributed by atoms with Gasteiger partial charge in [0.05, 0.1) is 10.4 Å². The average Bonchev–Trinajstić information content (AvgIpc) is 3.43. The van der Waals surface area contributed by atoms with E-state index in [9.17, 15) is 13.2 Å². The van der Waals surface area contributed by atoms with Gasteiger partial charge in [-0.15, -0.1) is 0 Å². The Morgan fingerprint density at radius 1 is 1.16 bits per heavy atom. The fraction of sp³-hybridized carbons (Fsp3) is 0.524. The molecule has 1 aromatic carbocycles. The van der Waals surface area contributed by atoms with Crippen LogP contribution in [0.25, 0.3) is 10.9 Å². The number of benzene rings is 1. The van der Waals surface area contributed by atoms with Crippen LogP contribution in [0.1, 0.15) is 25.3 Å². The fourth-order valence-electron chi connectivity index (χ4n) is 3.86. The number of nitrogens with two attached hydrogens (primary N) is 1. The van der Waals surface area contributed by atoms with Crippen molar-refractivity contribution >= 4 is 38.5 Å². The van der Waals surface area contributed by atoms with Gasteiger partial charge in [-0.25, -0.2) is 22.9 Å². The van der Waals surface area contributed by atoms with Crippen molar-refractivity contribution in [2.45, 2.75) is 37.1 Å². The molecular weight excluding hydrogens is 416 g/mol. The molecule has 0 radical (unpaired) electrons. The Hall–Kier alpha value is -2.59. The van der Waals surface area contributed by atoms with Gasteiger partial charge in [0, 0.05) is 56.9 Å². The molecule has 0 bridgehead atoms. The molecule has 1 aliphatic heterocycles. The number of anilines is 2. The number of nitrogens with zero attached hydrogens (tertiary/aromatic N) is 4. The summed E-state index contributed by atoms with van der Waals surface area (Å²) in [6.07, 6.45) is 1.66. The van der Waals surface area contributed by atoms with Gasteiger partial charge in [0.15, 0.2) is 0 Å². The fourth-order valence-corrected chi connectivity index (χ4v) is 5.36. The summed E-state index contributed by atoms with van der Waals surface area (Å²) >= 11 is 0. The molecule has 1 aliphatic carbocycles. The lowest BCUT2D eigenvalue weighted by atomic mass is 10.1. The molecule has 2 aliphatic rings. The van der Waals surface area contributed by atoms with Crippen LogP contribution in [0.2, 0.25) is 0 Å². The van der Waals surface area contributed by atoms with Crippen LogP contribution in [0.15, 0.2) is 23.1 Å². The lowest BCUT2D eigenvalue weighted by Gasteiger charge is -2.37. The first kappa shape index (κ1) is 21.6. The minimum Gasteiger partial charge on any atom is -0.383 e. The van der Waals surface area contributed by atoms with Gasteiger partial charge in [0.2, 0.25) is 10.0 Å². The van der Waals surface area contributed by atoms with Crippen molar-refractivity contribution in [2.24, 2.45) is 0 Å². The first-order chi connectivity index (χ1) is 14.5. The second kappa shape index (κ2) is 7.52. The molecular formula is C21H30N6O3S. The maximum Gasteiger partial charge on any atom is 0.319 e. The first-order valence-corrected chi connectivity index (χ1v) is 11.9. The number of nitrogen functional groups attached to an aromatic ring is 1. The van der Waals surface area contributed by atoms with Crippen molar-refractivity contribution in [1.29, 1.82) is 0 Å². The van der Waals surface area contributed by atoms with Crippen molar-refractivity contribution < 1.29 is 13.2 Å². The van der Waals surface area contributed by atoms with E-state index in [1.54, 1.807) is 36.0 Å². The summed E-state index contributed by atoms with van der Waals surface area (Å²) in [6.45, 7) is 6.13. The monoisotopic (exact) mass is 446 g/mol. The van der Waals surface area contributed by atoms with E-state index in [4.69, 9.17) is 5.73 Å². The summed E-state index contributed by atoms with van der Waals surface area (Å²) in [5.41, 5.74) is 7.85. The number of hydrogen-bond acceptors (Lipinski definition) is 6. The third-order valence-electron chi connectivity index (χ3n) is 6.08. The molecule has 0 spiro atoms. The Morgan fingerprint density at radius 3 is 2.39 bits per heavy atom.